The lowest BCUT2D eigenvalue weighted by molar-refractivity contribution is -0.387. The van der Waals surface area contributed by atoms with Crippen LogP contribution in [0.3, 0.4) is 0 Å². The summed E-state index contributed by atoms with van der Waals surface area (Å²) in [6.07, 6.45) is -5.94. The molecule has 1 unspecified atom stereocenters. The fourth-order valence-corrected chi connectivity index (χ4v) is 4.05. The van der Waals surface area contributed by atoms with E-state index in [0.717, 1.165) is 30.3 Å². The number of para-hydroxylation sites is 4. The molecule has 0 heterocycles. The van der Waals surface area contributed by atoms with E-state index in [2.05, 4.69) is 0 Å². The van der Waals surface area contributed by atoms with E-state index in [1.807, 2.05) is 0 Å². The number of hydrogen-bond donors (Lipinski definition) is 0. The molecular formula is C31H23ClF3N3O12. The maximum atomic E-state index is 12.8. The molecule has 0 amide bonds. The van der Waals surface area contributed by atoms with Crippen LogP contribution >= 0.6 is 11.6 Å². The molecule has 0 aromatic heterocycles. The number of halogens is 4. The molecule has 4 aromatic rings. The third-order valence-corrected chi connectivity index (χ3v) is 6.41. The summed E-state index contributed by atoms with van der Waals surface area (Å²) in [6.45, 7) is 2.81. The van der Waals surface area contributed by atoms with Gasteiger partial charge >= 0.3 is 29.5 Å². The summed E-state index contributed by atoms with van der Waals surface area (Å²) < 4.78 is 58.5. The number of nitrogens with zero attached hydrogens (tertiary/aromatic N) is 3. The number of alkyl halides is 3. The van der Waals surface area contributed by atoms with Crippen molar-refractivity contribution in [3.63, 3.8) is 0 Å². The monoisotopic (exact) mass is 721 g/mol. The van der Waals surface area contributed by atoms with E-state index in [1.165, 1.54) is 43.3 Å². The van der Waals surface area contributed by atoms with Crippen LogP contribution < -0.4 is 9.47 Å². The molecule has 4 aromatic carbocycles. The van der Waals surface area contributed by atoms with Crippen LogP contribution in [0.25, 0.3) is 0 Å². The van der Waals surface area contributed by atoms with Crippen molar-refractivity contribution in [3.05, 3.63) is 131 Å². The number of benzene rings is 4. The molecule has 0 aliphatic rings. The molecule has 0 spiro atoms. The number of rotatable bonds is 11. The fourth-order valence-electron chi connectivity index (χ4n) is 3.83. The summed E-state index contributed by atoms with van der Waals surface area (Å²) in [5.41, 5.74) is -2.67. The van der Waals surface area contributed by atoms with Crippen molar-refractivity contribution in [2.75, 3.05) is 6.61 Å². The lowest BCUT2D eigenvalue weighted by atomic mass is 10.1. The zero-order valence-electron chi connectivity index (χ0n) is 25.6. The van der Waals surface area contributed by atoms with Crippen LogP contribution in [0.4, 0.5) is 30.2 Å². The highest BCUT2D eigenvalue weighted by Crippen LogP contribution is 2.38. The largest absolute Gasteiger partial charge is 0.463 e. The molecule has 0 N–H and O–H groups in total. The number of nitro benzene ring substituents is 3. The minimum atomic E-state index is -4.61. The van der Waals surface area contributed by atoms with Gasteiger partial charge in [-0.05, 0) is 50.2 Å². The van der Waals surface area contributed by atoms with Gasteiger partial charge < -0.3 is 18.9 Å². The van der Waals surface area contributed by atoms with Crippen LogP contribution in [0.5, 0.6) is 23.0 Å². The van der Waals surface area contributed by atoms with Gasteiger partial charge in [0, 0.05) is 24.3 Å². The minimum absolute atomic E-state index is 0.0398. The third kappa shape index (κ3) is 10.1. The van der Waals surface area contributed by atoms with E-state index >= 15 is 0 Å². The maximum Gasteiger partial charge on any atom is 0.416 e. The molecule has 0 saturated heterocycles. The van der Waals surface area contributed by atoms with E-state index in [-0.39, 0.29) is 46.0 Å². The second-order valence-corrected chi connectivity index (χ2v) is 9.94. The van der Waals surface area contributed by atoms with Crippen LogP contribution in [-0.2, 0) is 20.4 Å². The molecule has 0 aliphatic heterocycles. The molecule has 50 heavy (non-hydrogen) atoms. The number of ether oxygens (including phenoxy) is 4. The SMILES string of the molecule is CCOC(=O)C(C)OC(=O)c1cc(Oc2ccc(C(F)(F)F)cc2Cl)ccc1[N+](=O)[O-].O=[N+]([O-])c1ccccc1Oc1ccccc1[N+](=O)[O-]. The summed E-state index contributed by atoms with van der Waals surface area (Å²) in [4.78, 5) is 54.8. The van der Waals surface area contributed by atoms with Crippen molar-refractivity contribution >= 4 is 40.6 Å². The van der Waals surface area contributed by atoms with Gasteiger partial charge in [0.25, 0.3) is 5.69 Å². The molecular weight excluding hydrogens is 699 g/mol. The van der Waals surface area contributed by atoms with Gasteiger partial charge in [-0.2, -0.15) is 13.2 Å². The van der Waals surface area contributed by atoms with Crippen molar-refractivity contribution in [1.82, 2.24) is 0 Å². The normalized spacial score (nSPS) is 11.2. The number of hydrogen-bond acceptors (Lipinski definition) is 12. The van der Waals surface area contributed by atoms with Gasteiger partial charge in [0.15, 0.2) is 6.10 Å². The zero-order valence-corrected chi connectivity index (χ0v) is 26.4. The van der Waals surface area contributed by atoms with E-state index in [1.54, 1.807) is 19.1 Å². The summed E-state index contributed by atoms with van der Waals surface area (Å²) in [5, 5.41) is 32.5. The van der Waals surface area contributed by atoms with Gasteiger partial charge in [0.05, 0.1) is 32.0 Å². The smallest absolute Gasteiger partial charge is 0.416 e. The first-order chi connectivity index (χ1) is 23.5. The van der Waals surface area contributed by atoms with Crippen molar-refractivity contribution in [3.8, 4) is 23.0 Å². The number of esters is 2. The van der Waals surface area contributed by atoms with Crippen molar-refractivity contribution in [2.45, 2.75) is 26.1 Å². The lowest BCUT2D eigenvalue weighted by Crippen LogP contribution is -2.26. The summed E-state index contributed by atoms with van der Waals surface area (Å²) >= 11 is 5.83. The Morgan fingerprint density at radius 1 is 0.760 bits per heavy atom. The van der Waals surface area contributed by atoms with Gasteiger partial charge in [-0.1, -0.05) is 35.9 Å². The quantitative estimate of drug-likeness (QED) is 0.0813. The van der Waals surface area contributed by atoms with Crippen LogP contribution in [0, 0.1) is 30.3 Å². The number of nitro groups is 3. The molecule has 4 rings (SSSR count). The predicted molar refractivity (Wildman–Crippen MR) is 167 cm³/mol. The average molecular weight is 722 g/mol. The van der Waals surface area contributed by atoms with Crippen molar-refractivity contribution in [1.29, 1.82) is 0 Å². The van der Waals surface area contributed by atoms with E-state index in [0.29, 0.717) is 6.07 Å². The zero-order chi connectivity index (χ0) is 37.2. The molecule has 0 aliphatic carbocycles. The van der Waals surface area contributed by atoms with Crippen molar-refractivity contribution < 1.29 is 56.5 Å². The highest BCUT2D eigenvalue weighted by Gasteiger charge is 2.31. The Morgan fingerprint density at radius 2 is 1.30 bits per heavy atom. The highest BCUT2D eigenvalue weighted by atomic mass is 35.5. The molecule has 15 nitrogen and oxygen atoms in total. The maximum absolute atomic E-state index is 12.8. The Hall–Kier alpha value is -6.30. The summed E-state index contributed by atoms with van der Waals surface area (Å²) in [7, 11) is 0. The minimum Gasteiger partial charge on any atom is -0.463 e. The highest BCUT2D eigenvalue weighted by molar-refractivity contribution is 6.32. The molecule has 0 bridgehead atoms. The topological polar surface area (TPSA) is 200 Å². The Balaban J connectivity index is 0.000000303. The summed E-state index contributed by atoms with van der Waals surface area (Å²) in [5.74, 6) is -2.44. The van der Waals surface area contributed by atoms with E-state index < -0.39 is 55.8 Å². The van der Waals surface area contributed by atoms with E-state index in [9.17, 15) is 53.1 Å². The average Bonchev–Trinajstić information content (AvgIpc) is 3.05. The molecule has 262 valence electrons. The molecule has 1 atom stereocenters. The first kappa shape index (κ1) is 38.2. The number of carbonyl (C=O) groups is 2. The first-order valence-corrected chi connectivity index (χ1v) is 14.3. The van der Waals surface area contributed by atoms with Gasteiger partial charge in [-0.3, -0.25) is 30.3 Å². The van der Waals surface area contributed by atoms with Crippen LogP contribution in [0.2, 0.25) is 5.02 Å². The van der Waals surface area contributed by atoms with Crippen molar-refractivity contribution in [2.24, 2.45) is 0 Å². The second kappa shape index (κ2) is 16.7. The molecule has 19 heteroatoms. The Bertz CT molecular complexity index is 1870. The lowest BCUT2D eigenvalue weighted by Gasteiger charge is -2.13. The van der Waals surface area contributed by atoms with Gasteiger partial charge in [0.1, 0.15) is 17.1 Å². The number of carbonyl (C=O) groups excluding carboxylic acids is 2. The van der Waals surface area contributed by atoms with Gasteiger partial charge in [-0.15, -0.1) is 0 Å². The fraction of sp³-hybridized carbons (Fsp3) is 0.161. The third-order valence-electron chi connectivity index (χ3n) is 6.12. The Kier molecular flexibility index (Phi) is 12.7. The summed E-state index contributed by atoms with van der Waals surface area (Å²) in [6, 6.07) is 16.8. The van der Waals surface area contributed by atoms with Gasteiger partial charge in [-0.25, -0.2) is 9.59 Å². The van der Waals surface area contributed by atoms with Crippen LogP contribution in [-0.4, -0.2) is 39.4 Å². The Labute approximate surface area is 284 Å². The predicted octanol–water partition coefficient (Wildman–Crippen LogP) is 8.46. The van der Waals surface area contributed by atoms with Crippen LogP contribution in [0.1, 0.15) is 29.8 Å². The Morgan fingerprint density at radius 3 is 1.78 bits per heavy atom. The first-order valence-electron chi connectivity index (χ1n) is 13.9. The second-order valence-electron chi connectivity index (χ2n) is 9.53. The van der Waals surface area contributed by atoms with E-state index in [4.69, 9.17) is 30.5 Å². The standard InChI is InChI=1S/C19H15ClF3NO7.C12H8N2O5/c1-3-29-17(25)10(2)30-18(26)13-9-12(5-6-15(13)24(27)28)31-16-7-4-11(8-14(16)20)19(21,22)23;15-13(16)9-5-1-3-7-11(9)19-12-8-4-2-6-10(12)14(17)18/h4-10H,3H2,1-2H3;1-8H. The van der Waals surface area contributed by atoms with Gasteiger partial charge in [0.2, 0.25) is 11.5 Å². The van der Waals surface area contributed by atoms with Crippen LogP contribution in [0.15, 0.2) is 84.9 Å². The molecule has 0 saturated carbocycles. The molecule has 0 radical (unpaired) electrons. The molecule has 0 fully saturated rings.